The minimum atomic E-state index is -0.948. The third-order valence-electron chi connectivity index (χ3n) is 5.66. The van der Waals surface area contributed by atoms with E-state index in [-0.39, 0.29) is 5.78 Å². The number of carbonyl (C=O) groups is 1. The summed E-state index contributed by atoms with van der Waals surface area (Å²) in [6.45, 7) is 0. The number of rotatable bonds is 4. The molecule has 0 saturated heterocycles. The summed E-state index contributed by atoms with van der Waals surface area (Å²) in [5.41, 5.74) is 3.73. The molecule has 3 aromatic rings. The summed E-state index contributed by atoms with van der Waals surface area (Å²) < 4.78 is 5.56. The van der Waals surface area contributed by atoms with Gasteiger partial charge in [-0.05, 0) is 42.3 Å². The number of carbonyl (C=O) groups excluding carboxylic acids is 1. The van der Waals surface area contributed by atoms with Crippen molar-refractivity contribution in [3.05, 3.63) is 65.9 Å². The van der Waals surface area contributed by atoms with Gasteiger partial charge in [0.1, 0.15) is 11.4 Å². The van der Waals surface area contributed by atoms with E-state index in [1.807, 2.05) is 42.6 Å². The molecule has 0 bridgehead atoms. The molecule has 0 amide bonds. The fourth-order valence-electron chi connectivity index (χ4n) is 4.28. The SMILES string of the molecule is O=C(CC1CC(C2=CB(O)Oc3cnc4[nH]ccc4c32)C1)c1ccccc1. The summed E-state index contributed by atoms with van der Waals surface area (Å²) >= 11 is 0. The lowest BCUT2D eigenvalue weighted by molar-refractivity contribution is 0.0919. The van der Waals surface area contributed by atoms with Crippen molar-refractivity contribution in [1.29, 1.82) is 0 Å². The van der Waals surface area contributed by atoms with Gasteiger partial charge in [0.15, 0.2) is 5.78 Å². The quantitative estimate of drug-likeness (QED) is 0.551. The van der Waals surface area contributed by atoms with Crippen LogP contribution in [0.15, 0.2) is 54.8 Å². The van der Waals surface area contributed by atoms with Crippen molar-refractivity contribution in [3.63, 3.8) is 0 Å². The highest BCUT2D eigenvalue weighted by atomic mass is 16.5. The van der Waals surface area contributed by atoms with Crippen LogP contribution < -0.4 is 4.65 Å². The maximum Gasteiger partial charge on any atom is 0.552 e. The van der Waals surface area contributed by atoms with Crippen molar-refractivity contribution in [2.45, 2.75) is 19.3 Å². The van der Waals surface area contributed by atoms with E-state index in [0.29, 0.717) is 24.0 Å². The zero-order valence-corrected chi connectivity index (χ0v) is 14.8. The van der Waals surface area contributed by atoms with Gasteiger partial charge in [-0.25, -0.2) is 4.98 Å². The summed E-state index contributed by atoms with van der Waals surface area (Å²) in [5.74, 6) is 3.34. The molecule has 1 aromatic carbocycles. The summed E-state index contributed by atoms with van der Waals surface area (Å²) in [5, 5.41) is 11.1. The van der Waals surface area contributed by atoms with Crippen LogP contribution in [0.3, 0.4) is 0 Å². The number of ketones is 1. The summed E-state index contributed by atoms with van der Waals surface area (Å²) in [7, 11) is -0.948. The highest BCUT2D eigenvalue weighted by Crippen LogP contribution is 2.49. The summed E-state index contributed by atoms with van der Waals surface area (Å²) in [6.07, 6.45) is 6.01. The molecule has 1 aliphatic heterocycles. The standard InChI is InChI=1S/C21H19BN2O3/c25-18(14-4-2-1-3-5-14)10-13-8-15(9-13)17-11-22(26)27-19-12-24-21-16(20(17)19)6-7-23-21/h1-7,11-13,15,26H,8-10H2,(H,23,24). The average Bonchev–Trinajstić information content (AvgIpc) is 3.13. The smallest absolute Gasteiger partial charge is 0.531 e. The molecule has 1 fully saturated rings. The van der Waals surface area contributed by atoms with Gasteiger partial charge in [0.05, 0.1) is 6.20 Å². The van der Waals surface area contributed by atoms with E-state index in [2.05, 4.69) is 9.97 Å². The Hall–Kier alpha value is -2.86. The van der Waals surface area contributed by atoms with Crippen LogP contribution in [-0.4, -0.2) is 27.9 Å². The molecule has 27 heavy (non-hydrogen) atoms. The van der Waals surface area contributed by atoms with E-state index in [4.69, 9.17) is 4.65 Å². The fraction of sp³-hybridized carbons (Fsp3) is 0.238. The van der Waals surface area contributed by atoms with Gasteiger partial charge in [-0.1, -0.05) is 30.3 Å². The number of aromatic nitrogens is 2. The van der Waals surface area contributed by atoms with Crippen LogP contribution in [0.1, 0.15) is 35.2 Å². The molecule has 134 valence electrons. The molecular weight excluding hydrogens is 339 g/mol. The zero-order valence-electron chi connectivity index (χ0n) is 14.8. The first-order valence-electron chi connectivity index (χ1n) is 9.30. The van der Waals surface area contributed by atoms with Gasteiger partial charge in [0.2, 0.25) is 0 Å². The zero-order chi connectivity index (χ0) is 18.4. The predicted molar refractivity (Wildman–Crippen MR) is 104 cm³/mol. The number of nitrogens with one attached hydrogen (secondary N) is 1. The van der Waals surface area contributed by atoms with Gasteiger partial charge < -0.3 is 14.7 Å². The minimum Gasteiger partial charge on any atom is -0.531 e. The first kappa shape index (κ1) is 16.3. The van der Waals surface area contributed by atoms with Crippen LogP contribution in [-0.2, 0) is 0 Å². The Bertz CT molecular complexity index is 1040. The fourth-order valence-corrected chi connectivity index (χ4v) is 4.28. The van der Waals surface area contributed by atoms with E-state index in [1.165, 1.54) is 0 Å². The molecule has 2 aromatic heterocycles. The Morgan fingerprint density at radius 3 is 2.89 bits per heavy atom. The third kappa shape index (κ3) is 2.86. The number of nitrogens with zero attached hydrogens (tertiary/aromatic N) is 1. The van der Waals surface area contributed by atoms with Crippen molar-refractivity contribution < 1.29 is 14.5 Å². The normalized spacial score (nSPS) is 21.2. The molecule has 5 nitrogen and oxygen atoms in total. The number of H-pyrrole nitrogens is 1. The van der Waals surface area contributed by atoms with Crippen LogP contribution in [0.4, 0.5) is 0 Å². The van der Waals surface area contributed by atoms with Gasteiger partial charge in [-0.2, -0.15) is 0 Å². The lowest BCUT2D eigenvalue weighted by Gasteiger charge is -2.38. The molecule has 0 unspecified atom stereocenters. The molecule has 2 N–H and O–H groups in total. The third-order valence-corrected chi connectivity index (χ3v) is 5.66. The molecule has 0 spiro atoms. The molecule has 1 aliphatic carbocycles. The Morgan fingerprint density at radius 1 is 1.26 bits per heavy atom. The number of fused-ring (bicyclic) bond motifs is 3. The predicted octanol–water partition coefficient (Wildman–Crippen LogP) is 3.66. The van der Waals surface area contributed by atoms with Crippen molar-refractivity contribution in [2.75, 3.05) is 0 Å². The van der Waals surface area contributed by atoms with Crippen LogP contribution in [0, 0.1) is 11.8 Å². The molecule has 5 rings (SSSR count). The second kappa shape index (κ2) is 6.39. The van der Waals surface area contributed by atoms with Crippen LogP contribution in [0.2, 0.25) is 0 Å². The number of Topliss-reactive ketones (excluding diaryl/α,β-unsaturated/α-hetero) is 1. The highest BCUT2D eigenvalue weighted by molar-refractivity contribution is 6.52. The largest absolute Gasteiger partial charge is 0.552 e. The molecule has 1 saturated carbocycles. The van der Waals surface area contributed by atoms with E-state index >= 15 is 0 Å². The van der Waals surface area contributed by atoms with Crippen LogP contribution >= 0.6 is 0 Å². The van der Waals surface area contributed by atoms with Crippen molar-refractivity contribution in [3.8, 4) is 5.75 Å². The Balaban J connectivity index is 1.35. The number of hydrogen-bond acceptors (Lipinski definition) is 4. The Labute approximate surface area is 157 Å². The first-order chi connectivity index (χ1) is 13.2. The van der Waals surface area contributed by atoms with Crippen LogP contribution in [0.25, 0.3) is 16.6 Å². The number of pyridine rings is 1. The lowest BCUT2D eigenvalue weighted by Crippen LogP contribution is -2.31. The van der Waals surface area contributed by atoms with E-state index in [1.54, 1.807) is 12.2 Å². The van der Waals surface area contributed by atoms with Gasteiger partial charge in [-0.3, -0.25) is 4.79 Å². The topological polar surface area (TPSA) is 75.2 Å². The molecule has 0 atom stereocenters. The van der Waals surface area contributed by atoms with Crippen molar-refractivity contribution >= 4 is 29.5 Å². The number of benzene rings is 1. The van der Waals surface area contributed by atoms with E-state index in [0.717, 1.165) is 40.6 Å². The van der Waals surface area contributed by atoms with Gasteiger partial charge in [0.25, 0.3) is 0 Å². The second-order valence-corrected chi connectivity index (χ2v) is 7.40. The second-order valence-electron chi connectivity index (χ2n) is 7.40. The summed E-state index contributed by atoms with van der Waals surface area (Å²) in [6, 6.07) is 11.5. The molecule has 0 radical (unpaired) electrons. The Morgan fingerprint density at radius 2 is 2.07 bits per heavy atom. The van der Waals surface area contributed by atoms with Gasteiger partial charge in [0, 0.05) is 29.1 Å². The van der Waals surface area contributed by atoms with Crippen molar-refractivity contribution in [1.82, 2.24) is 9.97 Å². The van der Waals surface area contributed by atoms with Gasteiger partial charge in [-0.15, -0.1) is 0 Å². The average molecular weight is 358 g/mol. The maximum absolute atomic E-state index is 12.4. The van der Waals surface area contributed by atoms with E-state index < -0.39 is 7.12 Å². The number of allylic oxidation sites excluding steroid dienone is 1. The first-order valence-corrected chi connectivity index (χ1v) is 9.30. The minimum absolute atomic E-state index is 0.206. The Kier molecular flexibility index (Phi) is 3.86. The monoisotopic (exact) mass is 358 g/mol. The molecule has 6 heteroatoms. The van der Waals surface area contributed by atoms with Crippen LogP contribution in [0.5, 0.6) is 5.75 Å². The van der Waals surface area contributed by atoms with Gasteiger partial charge >= 0.3 is 7.12 Å². The van der Waals surface area contributed by atoms with E-state index in [9.17, 15) is 9.82 Å². The molecule has 3 heterocycles. The van der Waals surface area contributed by atoms with Crippen molar-refractivity contribution in [2.24, 2.45) is 11.8 Å². The molecular formula is C21H19BN2O3. The summed E-state index contributed by atoms with van der Waals surface area (Å²) in [4.78, 5) is 19.9. The molecule has 2 aliphatic rings. The number of hydrogen-bond donors (Lipinski definition) is 2. The number of aromatic amines is 1. The maximum atomic E-state index is 12.4. The lowest BCUT2D eigenvalue weighted by atomic mass is 9.64. The highest BCUT2D eigenvalue weighted by Gasteiger charge is 2.38.